The quantitative estimate of drug-likeness (QED) is 0.595. The number of aryl methyl sites for hydroxylation is 1. The molecule has 0 fully saturated rings. The van der Waals surface area contributed by atoms with Crippen LogP contribution >= 0.6 is 0 Å². The molecule has 0 radical (unpaired) electrons. The molecule has 0 aromatic carbocycles. The van der Waals surface area contributed by atoms with Crippen LogP contribution in [-0.2, 0) is 0 Å². The smallest absolute Gasteiger partial charge is 0.153 e. The zero-order valence-electron chi connectivity index (χ0n) is 7.65. The van der Waals surface area contributed by atoms with Gasteiger partial charge in [-0.05, 0) is 18.6 Å². The van der Waals surface area contributed by atoms with Gasteiger partial charge in [-0.15, -0.1) is 0 Å². The first kappa shape index (κ1) is 8.71. The fraction of sp³-hybridized carbons (Fsp3) is 0.333. The summed E-state index contributed by atoms with van der Waals surface area (Å²) in [4.78, 5) is 4.10. The van der Waals surface area contributed by atoms with E-state index in [1.807, 2.05) is 33.0 Å². The summed E-state index contributed by atoms with van der Waals surface area (Å²) >= 11 is 0. The average molecular weight is 163 g/mol. The van der Waals surface area contributed by atoms with Crippen molar-refractivity contribution in [3.63, 3.8) is 0 Å². The minimum absolute atomic E-state index is 0.903. The first-order valence-electron chi connectivity index (χ1n) is 4.12. The van der Waals surface area contributed by atoms with Crippen LogP contribution in [-0.4, -0.2) is 14.6 Å². The van der Waals surface area contributed by atoms with Crippen LogP contribution in [0.2, 0.25) is 0 Å². The summed E-state index contributed by atoms with van der Waals surface area (Å²) < 4.78 is 1.76. The molecule has 0 N–H and O–H groups in total. The van der Waals surface area contributed by atoms with E-state index in [9.17, 15) is 0 Å². The van der Waals surface area contributed by atoms with Gasteiger partial charge in [0.05, 0.1) is 6.20 Å². The predicted molar refractivity (Wildman–Crippen MR) is 49.1 cm³/mol. The molecule has 0 saturated heterocycles. The van der Waals surface area contributed by atoms with Crippen LogP contribution in [0.15, 0.2) is 24.7 Å². The molecule has 0 atom stereocenters. The zero-order chi connectivity index (χ0) is 8.97. The molecule has 0 amide bonds. The van der Waals surface area contributed by atoms with E-state index in [1.54, 1.807) is 16.9 Å². The number of hydrogen-bond acceptors (Lipinski definition) is 2. The van der Waals surface area contributed by atoms with Gasteiger partial charge < -0.3 is 0 Å². The second-order valence-corrected chi connectivity index (χ2v) is 2.26. The molecule has 0 aliphatic rings. The first-order chi connectivity index (χ1) is 5.86. The average Bonchev–Trinajstić information content (AvgIpc) is 2.48. The van der Waals surface area contributed by atoms with Gasteiger partial charge in [-0.1, -0.05) is 13.8 Å². The van der Waals surface area contributed by atoms with Crippen LogP contribution in [0.3, 0.4) is 0 Å². The van der Waals surface area contributed by atoms with Gasteiger partial charge in [-0.2, -0.15) is 5.10 Å². The Labute approximate surface area is 72.1 Å². The van der Waals surface area contributed by atoms with Crippen molar-refractivity contribution < 1.29 is 0 Å². The molecule has 0 aliphatic heterocycles. The van der Waals surface area contributed by atoms with Gasteiger partial charge in [0.1, 0.15) is 0 Å². The molecular formula is C9H13N3. The summed E-state index contributed by atoms with van der Waals surface area (Å²) in [5, 5.41) is 4.06. The molecule has 0 unspecified atom stereocenters. The molecule has 2 heterocycles. The molecule has 0 spiro atoms. The molecular weight excluding hydrogens is 150 g/mol. The monoisotopic (exact) mass is 163 g/mol. The number of rotatable bonds is 0. The number of fused-ring (bicyclic) bond motifs is 1. The topological polar surface area (TPSA) is 30.2 Å². The van der Waals surface area contributed by atoms with Crippen molar-refractivity contribution >= 4 is 5.65 Å². The molecule has 2 rings (SSSR count). The number of hydrogen-bond donors (Lipinski definition) is 0. The van der Waals surface area contributed by atoms with Crippen molar-refractivity contribution in [3.8, 4) is 0 Å². The van der Waals surface area contributed by atoms with E-state index in [4.69, 9.17) is 0 Å². The van der Waals surface area contributed by atoms with E-state index in [-0.39, 0.29) is 0 Å². The van der Waals surface area contributed by atoms with Crippen LogP contribution < -0.4 is 0 Å². The maximum absolute atomic E-state index is 4.10. The van der Waals surface area contributed by atoms with Gasteiger partial charge in [0.15, 0.2) is 5.65 Å². The largest absolute Gasteiger partial charge is 0.235 e. The highest BCUT2D eigenvalue weighted by atomic mass is 15.2. The summed E-state index contributed by atoms with van der Waals surface area (Å²) in [6.45, 7) is 6.02. The SMILES string of the molecule is CC.Cc1cc2nccnn2c1. The standard InChI is InChI=1S/C7H7N3.C2H6/c1-6-4-7-8-2-3-9-10(7)5-6;1-2/h2-5H,1H3;1-2H3. The van der Waals surface area contributed by atoms with Gasteiger partial charge in [-0.25, -0.2) is 9.50 Å². The second kappa shape index (κ2) is 3.85. The van der Waals surface area contributed by atoms with Crippen molar-refractivity contribution in [2.75, 3.05) is 0 Å². The Morgan fingerprint density at radius 2 is 2.00 bits per heavy atom. The Balaban J connectivity index is 0.000000336. The minimum atomic E-state index is 0.903. The molecule has 0 aliphatic carbocycles. The lowest BCUT2D eigenvalue weighted by atomic mass is 10.4. The van der Waals surface area contributed by atoms with Crippen molar-refractivity contribution in [3.05, 3.63) is 30.2 Å². The van der Waals surface area contributed by atoms with Crippen LogP contribution in [0.1, 0.15) is 19.4 Å². The van der Waals surface area contributed by atoms with Crippen LogP contribution in [0.4, 0.5) is 0 Å². The zero-order valence-corrected chi connectivity index (χ0v) is 7.65. The van der Waals surface area contributed by atoms with Crippen molar-refractivity contribution in [1.29, 1.82) is 0 Å². The molecule has 2 aromatic rings. The number of aromatic nitrogens is 3. The fourth-order valence-electron chi connectivity index (χ4n) is 0.966. The van der Waals surface area contributed by atoms with Crippen molar-refractivity contribution in [1.82, 2.24) is 14.6 Å². The van der Waals surface area contributed by atoms with Gasteiger partial charge in [0.2, 0.25) is 0 Å². The van der Waals surface area contributed by atoms with Crippen molar-refractivity contribution in [2.45, 2.75) is 20.8 Å². The Hall–Kier alpha value is -1.38. The molecule has 2 aromatic heterocycles. The first-order valence-corrected chi connectivity index (χ1v) is 4.12. The Bertz CT molecular complexity index is 318. The van der Waals surface area contributed by atoms with Crippen LogP contribution in [0.25, 0.3) is 5.65 Å². The maximum atomic E-state index is 4.10. The lowest BCUT2D eigenvalue weighted by Gasteiger charge is -1.86. The van der Waals surface area contributed by atoms with E-state index < -0.39 is 0 Å². The van der Waals surface area contributed by atoms with E-state index in [2.05, 4.69) is 10.1 Å². The Morgan fingerprint density at radius 3 is 2.67 bits per heavy atom. The van der Waals surface area contributed by atoms with Gasteiger partial charge in [0.25, 0.3) is 0 Å². The van der Waals surface area contributed by atoms with E-state index in [0.717, 1.165) is 5.65 Å². The summed E-state index contributed by atoms with van der Waals surface area (Å²) in [5.41, 5.74) is 2.09. The lowest BCUT2D eigenvalue weighted by Crippen LogP contribution is -1.88. The lowest BCUT2D eigenvalue weighted by molar-refractivity contribution is 0.908. The van der Waals surface area contributed by atoms with Gasteiger partial charge in [0, 0.05) is 12.4 Å². The molecule has 0 saturated carbocycles. The van der Waals surface area contributed by atoms with E-state index in [0.29, 0.717) is 0 Å². The third-order valence-corrected chi connectivity index (χ3v) is 1.38. The summed E-state index contributed by atoms with van der Waals surface area (Å²) in [5.74, 6) is 0. The molecule has 0 bridgehead atoms. The molecule has 64 valence electrons. The summed E-state index contributed by atoms with van der Waals surface area (Å²) in [6.07, 6.45) is 5.31. The third kappa shape index (κ3) is 1.61. The van der Waals surface area contributed by atoms with Gasteiger partial charge >= 0.3 is 0 Å². The third-order valence-electron chi connectivity index (χ3n) is 1.38. The van der Waals surface area contributed by atoms with E-state index >= 15 is 0 Å². The molecule has 12 heavy (non-hydrogen) atoms. The highest BCUT2D eigenvalue weighted by molar-refractivity contribution is 5.40. The summed E-state index contributed by atoms with van der Waals surface area (Å²) in [7, 11) is 0. The number of nitrogens with zero attached hydrogens (tertiary/aromatic N) is 3. The highest BCUT2D eigenvalue weighted by Crippen LogP contribution is 2.02. The van der Waals surface area contributed by atoms with Crippen LogP contribution in [0.5, 0.6) is 0 Å². The van der Waals surface area contributed by atoms with E-state index in [1.165, 1.54) is 5.56 Å². The Kier molecular flexibility index (Phi) is 2.80. The maximum Gasteiger partial charge on any atom is 0.153 e. The fourth-order valence-corrected chi connectivity index (χ4v) is 0.966. The van der Waals surface area contributed by atoms with Crippen LogP contribution in [0, 0.1) is 6.92 Å². The predicted octanol–water partition coefficient (Wildman–Crippen LogP) is 2.06. The summed E-state index contributed by atoms with van der Waals surface area (Å²) in [6, 6.07) is 1.99. The highest BCUT2D eigenvalue weighted by Gasteiger charge is 1.93. The Morgan fingerprint density at radius 1 is 1.25 bits per heavy atom. The molecule has 3 heteroatoms. The van der Waals surface area contributed by atoms with Crippen molar-refractivity contribution in [2.24, 2.45) is 0 Å². The minimum Gasteiger partial charge on any atom is -0.235 e. The molecule has 3 nitrogen and oxygen atoms in total. The normalized spacial score (nSPS) is 9.25. The van der Waals surface area contributed by atoms with Gasteiger partial charge in [-0.3, -0.25) is 0 Å². The second-order valence-electron chi connectivity index (χ2n) is 2.26.